The first-order chi connectivity index (χ1) is 13.2. The molecule has 7 nitrogen and oxygen atoms in total. The van der Waals surface area contributed by atoms with E-state index in [-0.39, 0.29) is 0 Å². The number of hydrogen-bond donors (Lipinski definition) is 2. The van der Waals surface area contributed by atoms with Gasteiger partial charge in [-0.3, -0.25) is 4.68 Å². The highest BCUT2D eigenvalue weighted by Gasteiger charge is 2.07. The average Bonchev–Trinajstić information content (AvgIpc) is 3.28. The molecule has 0 aliphatic heterocycles. The zero-order valence-corrected chi connectivity index (χ0v) is 16.1. The number of benzene rings is 1. The van der Waals surface area contributed by atoms with E-state index in [1.165, 1.54) is 11.1 Å². The Hall–Kier alpha value is -3.09. The number of hydrogen-bond acceptors (Lipinski definition) is 4. The lowest BCUT2D eigenvalue weighted by molar-refractivity contribution is 0.463. The Bertz CT molecular complexity index is 862. The van der Waals surface area contributed by atoms with E-state index in [0.717, 1.165) is 30.5 Å². The molecule has 0 unspecified atom stereocenters. The number of aliphatic imine (C=N–C) groups is 1. The molecule has 7 heteroatoms. The Morgan fingerprint density at radius 1 is 1.15 bits per heavy atom. The van der Waals surface area contributed by atoms with E-state index < -0.39 is 0 Å². The Balaban J connectivity index is 1.67. The Kier molecular flexibility index (Phi) is 6.25. The molecular weight excluding hydrogens is 340 g/mol. The van der Waals surface area contributed by atoms with E-state index in [9.17, 15) is 0 Å². The van der Waals surface area contributed by atoms with Crippen LogP contribution in [0.3, 0.4) is 0 Å². The van der Waals surface area contributed by atoms with E-state index >= 15 is 0 Å². The first kappa shape index (κ1) is 18.7. The van der Waals surface area contributed by atoms with Crippen LogP contribution in [0.1, 0.15) is 35.4 Å². The van der Waals surface area contributed by atoms with Gasteiger partial charge in [0.1, 0.15) is 5.76 Å². The maximum atomic E-state index is 5.62. The Morgan fingerprint density at radius 3 is 2.63 bits per heavy atom. The molecule has 27 heavy (non-hydrogen) atoms. The van der Waals surface area contributed by atoms with Gasteiger partial charge in [0.05, 0.1) is 25.3 Å². The maximum Gasteiger partial charge on any atom is 0.214 e. The molecule has 2 N–H and O–H groups in total. The maximum absolute atomic E-state index is 5.62. The van der Waals surface area contributed by atoms with E-state index in [0.29, 0.717) is 19.0 Å². The van der Waals surface area contributed by atoms with Crippen LogP contribution in [0.2, 0.25) is 0 Å². The van der Waals surface area contributed by atoms with Crippen molar-refractivity contribution >= 4 is 5.96 Å². The fourth-order valence-corrected chi connectivity index (χ4v) is 2.71. The molecule has 0 saturated carbocycles. The van der Waals surface area contributed by atoms with Crippen molar-refractivity contribution in [1.82, 2.24) is 25.4 Å². The van der Waals surface area contributed by atoms with Crippen LogP contribution in [0.5, 0.6) is 0 Å². The smallest absolute Gasteiger partial charge is 0.214 e. The van der Waals surface area contributed by atoms with Crippen molar-refractivity contribution in [1.29, 1.82) is 0 Å². The van der Waals surface area contributed by atoms with E-state index in [1.54, 1.807) is 6.20 Å². The first-order valence-electron chi connectivity index (χ1n) is 9.15. The number of nitrogens with zero attached hydrogens (tertiary/aromatic N) is 4. The number of rotatable bonds is 7. The predicted molar refractivity (Wildman–Crippen MR) is 105 cm³/mol. The topological polar surface area (TPSA) is 80.3 Å². The zero-order chi connectivity index (χ0) is 19.1. The minimum absolute atomic E-state index is 0.495. The Labute approximate surface area is 159 Å². The van der Waals surface area contributed by atoms with Crippen LogP contribution in [0.15, 0.2) is 52.1 Å². The minimum Gasteiger partial charge on any atom is -0.444 e. The molecule has 0 bridgehead atoms. The zero-order valence-electron chi connectivity index (χ0n) is 16.1. The number of aromatic nitrogens is 3. The highest BCUT2D eigenvalue weighted by atomic mass is 16.4. The van der Waals surface area contributed by atoms with Crippen molar-refractivity contribution in [3.05, 3.63) is 71.2 Å². The van der Waals surface area contributed by atoms with Gasteiger partial charge in [0.15, 0.2) is 5.96 Å². The molecule has 0 saturated heterocycles. The van der Waals surface area contributed by atoms with E-state index in [1.807, 2.05) is 49.8 Å². The first-order valence-corrected chi connectivity index (χ1v) is 9.15. The van der Waals surface area contributed by atoms with Gasteiger partial charge in [-0.15, -0.1) is 0 Å². The fraction of sp³-hybridized carbons (Fsp3) is 0.350. The average molecular weight is 366 g/mol. The summed E-state index contributed by atoms with van der Waals surface area (Å²) in [6.45, 7) is 8.50. The summed E-state index contributed by atoms with van der Waals surface area (Å²) in [4.78, 5) is 9.11. The summed E-state index contributed by atoms with van der Waals surface area (Å²) < 4.78 is 7.53. The summed E-state index contributed by atoms with van der Waals surface area (Å²) in [6, 6.07) is 10.2. The van der Waals surface area contributed by atoms with Gasteiger partial charge in [0.25, 0.3) is 0 Å². The van der Waals surface area contributed by atoms with Gasteiger partial charge in [-0.25, -0.2) is 9.98 Å². The summed E-state index contributed by atoms with van der Waals surface area (Å²) in [7, 11) is 0. The number of aryl methyl sites for hydroxylation is 2. The van der Waals surface area contributed by atoms with E-state index in [4.69, 9.17) is 9.41 Å². The van der Waals surface area contributed by atoms with Gasteiger partial charge in [0, 0.05) is 18.9 Å². The van der Waals surface area contributed by atoms with E-state index in [2.05, 4.69) is 32.8 Å². The second-order valence-electron chi connectivity index (χ2n) is 6.27. The normalized spacial score (nSPS) is 11.6. The van der Waals surface area contributed by atoms with Crippen LogP contribution < -0.4 is 10.6 Å². The van der Waals surface area contributed by atoms with Gasteiger partial charge in [-0.2, -0.15) is 5.10 Å². The van der Waals surface area contributed by atoms with Crippen LogP contribution in [-0.2, 0) is 19.6 Å². The number of nitrogens with one attached hydrogen (secondary N) is 2. The molecule has 3 aromatic rings. The second kappa shape index (κ2) is 9.02. The summed E-state index contributed by atoms with van der Waals surface area (Å²) in [5, 5.41) is 10.8. The molecule has 0 aliphatic rings. The molecule has 0 aliphatic carbocycles. The number of guanidine groups is 1. The monoisotopic (exact) mass is 366 g/mol. The largest absolute Gasteiger partial charge is 0.444 e. The minimum atomic E-state index is 0.495. The molecule has 1 aromatic carbocycles. The summed E-state index contributed by atoms with van der Waals surface area (Å²) in [6.07, 6.45) is 3.76. The third-order valence-electron chi connectivity index (χ3n) is 4.24. The fourth-order valence-electron chi connectivity index (χ4n) is 2.71. The highest BCUT2D eigenvalue weighted by Crippen LogP contribution is 2.12. The molecule has 3 rings (SSSR count). The van der Waals surface area contributed by atoms with Gasteiger partial charge >= 0.3 is 0 Å². The quantitative estimate of drug-likeness (QED) is 0.496. The van der Waals surface area contributed by atoms with Crippen LogP contribution >= 0.6 is 0 Å². The SMILES string of the molecule is CCNC(=NCc1ccccc1Cn1cccn1)NCc1nc(C)c(C)o1. The van der Waals surface area contributed by atoms with Crippen molar-refractivity contribution in [3.63, 3.8) is 0 Å². The standard InChI is InChI=1S/C20H26N6O/c1-4-21-20(23-13-19-25-15(2)16(3)27-19)22-12-17-8-5-6-9-18(17)14-26-11-7-10-24-26/h5-11H,4,12-14H2,1-3H3,(H2,21,22,23). The molecule has 0 spiro atoms. The summed E-state index contributed by atoms with van der Waals surface area (Å²) in [5.41, 5.74) is 3.30. The van der Waals surface area contributed by atoms with Crippen LogP contribution in [0.25, 0.3) is 0 Å². The van der Waals surface area contributed by atoms with Crippen LogP contribution in [0.4, 0.5) is 0 Å². The van der Waals surface area contributed by atoms with Crippen LogP contribution in [0, 0.1) is 13.8 Å². The molecule has 142 valence electrons. The lowest BCUT2D eigenvalue weighted by atomic mass is 10.1. The summed E-state index contributed by atoms with van der Waals surface area (Å²) in [5.74, 6) is 2.25. The van der Waals surface area contributed by atoms with Crippen molar-refractivity contribution < 1.29 is 4.42 Å². The highest BCUT2D eigenvalue weighted by molar-refractivity contribution is 5.79. The molecule has 0 amide bonds. The molecule has 0 atom stereocenters. The van der Waals surface area contributed by atoms with Gasteiger partial charge < -0.3 is 15.1 Å². The van der Waals surface area contributed by atoms with Crippen molar-refractivity contribution in [3.8, 4) is 0 Å². The van der Waals surface area contributed by atoms with Gasteiger partial charge in [0.2, 0.25) is 5.89 Å². The van der Waals surface area contributed by atoms with Crippen molar-refractivity contribution in [2.75, 3.05) is 6.54 Å². The van der Waals surface area contributed by atoms with Gasteiger partial charge in [-0.1, -0.05) is 24.3 Å². The van der Waals surface area contributed by atoms with Crippen LogP contribution in [-0.4, -0.2) is 27.3 Å². The third-order valence-corrected chi connectivity index (χ3v) is 4.24. The van der Waals surface area contributed by atoms with Crippen molar-refractivity contribution in [2.45, 2.75) is 40.4 Å². The lowest BCUT2D eigenvalue weighted by Gasteiger charge is -2.11. The van der Waals surface area contributed by atoms with Gasteiger partial charge in [-0.05, 0) is 38.0 Å². The summed E-state index contributed by atoms with van der Waals surface area (Å²) >= 11 is 0. The Morgan fingerprint density at radius 2 is 1.96 bits per heavy atom. The van der Waals surface area contributed by atoms with Crippen molar-refractivity contribution in [2.24, 2.45) is 4.99 Å². The molecule has 2 aromatic heterocycles. The lowest BCUT2D eigenvalue weighted by Crippen LogP contribution is -2.36. The molecule has 2 heterocycles. The molecule has 0 radical (unpaired) electrons. The second-order valence-corrected chi connectivity index (χ2v) is 6.27. The third kappa shape index (κ3) is 5.20. The molecular formula is C20H26N6O. The predicted octanol–water partition coefficient (Wildman–Crippen LogP) is 2.79. The molecule has 0 fully saturated rings. The number of oxazole rings is 1.